The average Bonchev–Trinajstić information content (AvgIpc) is 2.18. The third-order valence-electron chi connectivity index (χ3n) is 1.66. The molecule has 4 nitrogen and oxygen atoms in total. The number of carboxylic acids is 1. The van der Waals surface area contributed by atoms with Crippen molar-refractivity contribution in [2.24, 2.45) is 0 Å². The van der Waals surface area contributed by atoms with Gasteiger partial charge in [0.2, 0.25) is 0 Å². The minimum absolute atomic E-state index is 0. The van der Waals surface area contributed by atoms with Crippen molar-refractivity contribution in [3.63, 3.8) is 0 Å². The zero-order valence-corrected chi connectivity index (χ0v) is 8.75. The fourth-order valence-electron chi connectivity index (χ4n) is 1.06. The van der Waals surface area contributed by atoms with E-state index >= 15 is 0 Å². The molecule has 0 saturated carbocycles. The van der Waals surface area contributed by atoms with Gasteiger partial charge in [-0.2, -0.15) is 5.26 Å². The molecule has 1 rings (SSSR count). The van der Waals surface area contributed by atoms with Gasteiger partial charge >= 0.3 is 5.97 Å². The summed E-state index contributed by atoms with van der Waals surface area (Å²) in [4.78, 5) is 10.2. The van der Waals surface area contributed by atoms with Gasteiger partial charge in [0.15, 0.2) is 0 Å². The Balaban J connectivity index is 0.00000196. The number of nitrogens with zero attached hydrogens (tertiary/aromatic N) is 1. The minimum Gasteiger partial charge on any atom is -0.480 e. The fourth-order valence-corrected chi connectivity index (χ4v) is 1.06. The molecule has 5 heteroatoms. The second-order valence-electron chi connectivity index (χ2n) is 2.81. The molecule has 0 aromatic heterocycles. The van der Waals surface area contributed by atoms with Crippen molar-refractivity contribution in [2.75, 3.05) is 6.54 Å². The summed E-state index contributed by atoms with van der Waals surface area (Å²) in [5.74, 6) is -0.888. The van der Waals surface area contributed by atoms with Crippen LogP contribution in [0.3, 0.4) is 0 Å². The maximum atomic E-state index is 10.2. The van der Waals surface area contributed by atoms with Crippen LogP contribution >= 0.6 is 12.4 Å². The van der Waals surface area contributed by atoms with Gasteiger partial charge in [0, 0.05) is 6.54 Å². The zero-order chi connectivity index (χ0) is 10.4. The largest absolute Gasteiger partial charge is 0.480 e. The standard InChI is InChI=1S/C10H10N2O2.ClH/c11-5-8-2-1-3-9(4-8)6-12-7-10(13)14;/h1-4,12H,6-7H2,(H,13,14);1H. The Hall–Kier alpha value is -1.57. The van der Waals surface area contributed by atoms with Crippen molar-refractivity contribution >= 4 is 18.4 Å². The lowest BCUT2D eigenvalue weighted by Gasteiger charge is -2.01. The third kappa shape index (κ3) is 5.01. The summed E-state index contributed by atoms with van der Waals surface area (Å²) in [6.07, 6.45) is 0. The highest BCUT2D eigenvalue weighted by Crippen LogP contribution is 2.03. The molecule has 0 aliphatic carbocycles. The first kappa shape index (κ1) is 13.4. The summed E-state index contributed by atoms with van der Waals surface area (Å²) in [5.41, 5.74) is 1.49. The molecular formula is C10H11ClN2O2. The molecule has 80 valence electrons. The Labute approximate surface area is 93.9 Å². The van der Waals surface area contributed by atoms with E-state index in [0.29, 0.717) is 12.1 Å². The van der Waals surface area contributed by atoms with Crippen LogP contribution in [0.15, 0.2) is 24.3 Å². The van der Waals surface area contributed by atoms with E-state index < -0.39 is 5.97 Å². The van der Waals surface area contributed by atoms with E-state index in [-0.39, 0.29) is 19.0 Å². The number of nitriles is 1. The van der Waals surface area contributed by atoms with E-state index in [9.17, 15) is 4.79 Å². The molecule has 2 N–H and O–H groups in total. The highest BCUT2D eigenvalue weighted by atomic mass is 35.5. The molecule has 0 unspecified atom stereocenters. The van der Waals surface area contributed by atoms with Crippen molar-refractivity contribution in [3.05, 3.63) is 35.4 Å². The Kier molecular flexibility index (Phi) is 6.11. The molecule has 0 heterocycles. The average molecular weight is 227 g/mol. The summed E-state index contributed by atoms with van der Waals surface area (Å²) in [7, 11) is 0. The lowest BCUT2D eigenvalue weighted by molar-refractivity contribution is -0.135. The molecule has 0 aliphatic heterocycles. The van der Waals surface area contributed by atoms with Crippen molar-refractivity contribution in [3.8, 4) is 6.07 Å². The molecule has 0 atom stereocenters. The predicted octanol–water partition coefficient (Wildman–Crippen LogP) is 1.15. The Morgan fingerprint density at radius 3 is 2.87 bits per heavy atom. The van der Waals surface area contributed by atoms with Crippen LogP contribution in [0.4, 0.5) is 0 Å². The highest BCUT2D eigenvalue weighted by Gasteiger charge is 1.97. The molecule has 0 saturated heterocycles. The van der Waals surface area contributed by atoms with Gasteiger partial charge in [-0.25, -0.2) is 0 Å². The van der Waals surface area contributed by atoms with Crippen LogP contribution in [0.25, 0.3) is 0 Å². The molecule has 0 amide bonds. The van der Waals surface area contributed by atoms with Crippen molar-refractivity contribution < 1.29 is 9.90 Å². The number of halogens is 1. The molecule has 0 aliphatic rings. The van der Waals surface area contributed by atoms with Crippen LogP contribution in [0.1, 0.15) is 11.1 Å². The first-order valence-corrected chi connectivity index (χ1v) is 4.14. The number of carboxylic acid groups (broad SMARTS) is 1. The van der Waals surface area contributed by atoms with Gasteiger partial charge in [-0.05, 0) is 17.7 Å². The first-order valence-electron chi connectivity index (χ1n) is 4.14. The van der Waals surface area contributed by atoms with Crippen molar-refractivity contribution in [1.29, 1.82) is 5.26 Å². The van der Waals surface area contributed by atoms with Crippen molar-refractivity contribution in [2.45, 2.75) is 6.54 Å². The van der Waals surface area contributed by atoms with Gasteiger partial charge < -0.3 is 10.4 Å². The lowest BCUT2D eigenvalue weighted by atomic mass is 10.1. The van der Waals surface area contributed by atoms with Crippen LogP contribution in [-0.4, -0.2) is 17.6 Å². The Morgan fingerprint density at radius 1 is 1.53 bits per heavy atom. The van der Waals surface area contributed by atoms with E-state index in [1.54, 1.807) is 18.2 Å². The lowest BCUT2D eigenvalue weighted by Crippen LogP contribution is -2.21. The zero-order valence-electron chi connectivity index (χ0n) is 7.93. The minimum atomic E-state index is -0.888. The number of aliphatic carboxylic acids is 1. The molecule has 1 aromatic rings. The number of rotatable bonds is 4. The first-order chi connectivity index (χ1) is 6.72. The van der Waals surface area contributed by atoms with Crippen LogP contribution < -0.4 is 5.32 Å². The number of hydrogen-bond donors (Lipinski definition) is 2. The van der Waals surface area contributed by atoms with Gasteiger partial charge in [0.1, 0.15) is 0 Å². The third-order valence-corrected chi connectivity index (χ3v) is 1.66. The maximum Gasteiger partial charge on any atom is 0.317 e. The summed E-state index contributed by atoms with van der Waals surface area (Å²) < 4.78 is 0. The maximum absolute atomic E-state index is 10.2. The normalized spacial score (nSPS) is 8.73. The number of benzene rings is 1. The number of hydrogen-bond acceptors (Lipinski definition) is 3. The van der Waals surface area contributed by atoms with Gasteiger partial charge in [0.25, 0.3) is 0 Å². The number of carbonyl (C=O) groups is 1. The van der Waals surface area contributed by atoms with Crippen LogP contribution in [0.5, 0.6) is 0 Å². The van der Waals surface area contributed by atoms with Crippen molar-refractivity contribution in [1.82, 2.24) is 5.32 Å². The molecule has 0 spiro atoms. The Bertz CT molecular complexity index is 374. The molecule has 0 radical (unpaired) electrons. The molecule has 1 aromatic carbocycles. The van der Waals surface area contributed by atoms with E-state index in [2.05, 4.69) is 5.32 Å². The van der Waals surface area contributed by atoms with Gasteiger partial charge in [0.05, 0.1) is 18.2 Å². The van der Waals surface area contributed by atoms with E-state index in [4.69, 9.17) is 10.4 Å². The highest BCUT2D eigenvalue weighted by molar-refractivity contribution is 5.85. The summed E-state index contributed by atoms with van der Waals surface area (Å²) in [6, 6.07) is 9.08. The van der Waals surface area contributed by atoms with E-state index in [1.807, 2.05) is 12.1 Å². The summed E-state index contributed by atoms with van der Waals surface area (Å²) >= 11 is 0. The fraction of sp³-hybridized carbons (Fsp3) is 0.200. The van der Waals surface area contributed by atoms with Gasteiger partial charge in [-0.3, -0.25) is 4.79 Å². The summed E-state index contributed by atoms with van der Waals surface area (Å²) in [5, 5.41) is 19.7. The van der Waals surface area contributed by atoms with Crippen LogP contribution in [0, 0.1) is 11.3 Å². The van der Waals surface area contributed by atoms with Gasteiger partial charge in [-0.1, -0.05) is 12.1 Å². The second kappa shape index (κ2) is 6.82. The monoisotopic (exact) mass is 226 g/mol. The molecule has 15 heavy (non-hydrogen) atoms. The van der Waals surface area contributed by atoms with Crippen LogP contribution in [0.2, 0.25) is 0 Å². The van der Waals surface area contributed by atoms with Crippen LogP contribution in [-0.2, 0) is 11.3 Å². The quantitative estimate of drug-likeness (QED) is 0.808. The molecule has 0 fully saturated rings. The van der Waals surface area contributed by atoms with E-state index in [1.165, 1.54) is 0 Å². The smallest absolute Gasteiger partial charge is 0.317 e. The van der Waals surface area contributed by atoms with Gasteiger partial charge in [-0.15, -0.1) is 12.4 Å². The Morgan fingerprint density at radius 2 is 2.27 bits per heavy atom. The topological polar surface area (TPSA) is 73.1 Å². The summed E-state index contributed by atoms with van der Waals surface area (Å²) in [6.45, 7) is 0.388. The molecular weight excluding hydrogens is 216 g/mol. The second-order valence-corrected chi connectivity index (χ2v) is 2.81. The van der Waals surface area contributed by atoms with E-state index in [0.717, 1.165) is 5.56 Å². The predicted molar refractivity (Wildman–Crippen MR) is 57.7 cm³/mol. The molecule has 0 bridgehead atoms. The number of nitrogens with one attached hydrogen (secondary N) is 1. The SMILES string of the molecule is Cl.N#Cc1cccc(CNCC(=O)O)c1.